The van der Waals surface area contributed by atoms with Gasteiger partial charge in [0.2, 0.25) is 5.91 Å². The smallest absolute Gasteiger partial charge is 0.223 e. The Bertz CT molecular complexity index is 444. The maximum Gasteiger partial charge on any atom is 0.223 e. The molecule has 1 amide bonds. The summed E-state index contributed by atoms with van der Waals surface area (Å²) in [5, 5.41) is 9.16. The largest absolute Gasteiger partial charge is 0.396 e. The van der Waals surface area contributed by atoms with Gasteiger partial charge in [-0.25, -0.2) is 0 Å². The van der Waals surface area contributed by atoms with E-state index in [0.29, 0.717) is 13.0 Å². The summed E-state index contributed by atoms with van der Waals surface area (Å²) in [5.41, 5.74) is 2.68. The molecule has 0 bridgehead atoms. The first-order chi connectivity index (χ1) is 8.29. The molecule has 0 spiro atoms. The fourth-order valence-corrected chi connectivity index (χ4v) is 3.09. The summed E-state index contributed by atoms with van der Waals surface area (Å²) in [5.74, 6) is 0.334. The second-order valence-corrected chi connectivity index (χ2v) is 5.05. The van der Waals surface area contributed by atoms with Gasteiger partial charge in [0, 0.05) is 25.5 Å². The van der Waals surface area contributed by atoms with Gasteiger partial charge in [0.1, 0.15) is 0 Å². The lowest BCUT2D eigenvalue weighted by Gasteiger charge is -2.25. The van der Waals surface area contributed by atoms with Gasteiger partial charge < -0.3 is 10.0 Å². The second kappa shape index (κ2) is 4.15. The minimum absolute atomic E-state index is 0.122. The molecule has 1 aromatic rings. The van der Waals surface area contributed by atoms with Crippen LogP contribution in [0.4, 0.5) is 0 Å². The van der Waals surface area contributed by atoms with Crippen molar-refractivity contribution in [2.75, 3.05) is 13.2 Å². The quantitative estimate of drug-likeness (QED) is 0.838. The molecular weight excluding hydrogens is 214 g/mol. The molecule has 2 aliphatic rings. The van der Waals surface area contributed by atoms with Crippen LogP contribution in [0.25, 0.3) is 0 Å². The first kappa shape index (κ1) is 10.8. The average molecular weight is 231 g/mol. The van der Waals surface area contributed by atoms with Crippen molar-refractivity contribution in [3.8, 4) is 0 Å². The Kier molecular flexibility index (Phi) is 2.63. The molecule has 0 aromatic heterocycles. The molecule has 3 rings (SSSR count). The Balaban J connectivity index is 1.85. The first-order valence-corrected chi connectivity index (χ1v) is 6.27. The van der Waals surface area contributed by atoms with Crippen LogP contribution in [0.1, 0.15) is 30.0 Å². The number of nitrogens with zero attached hydrogens (tertiary/aromatic N) is 1. The molecular formula is C14H17NO2. The summed E-state index contributed by atoms with van der Waals surface area (Å²) >= 11 is 0. The average Bonchev–Trinajstić information content (AvgIpc) is 2.92. The number of aliphatic hydroxyl groups excluding tert-OH is 1. The summed E-state index contributed by atoms with van der Waals surface area (Å²) < 4.78 is 0. The van der Waals surface area contributed by atoms with E-state index in [0.717, 1.165) is 12.8 Å². The van der Waals surface area contributed by atoms with Crippen LogP contribution in [0.15, 0.2) is 24.3 Å². The number of aryl methyl sites for hydroxylation is 1. The SMILES string of the molecule is O=C1CC(CO)CN1C1CCc2ccccc21. The van der Waals surface area contributed by atoms with Gasteiger partial charge in [-0.1, -0.05) is 24.3 Å². The van der Waals surface area contributed by atoms with Gasteiger partial charge in [0.15, 0.2) is 0 Å². The molecule has 1 N–H and O–H groups in total. The summed E-state index contributed by atoms with van der Waals surface area (Å²) in [6.45, 7) is 0.838. The third kappa shape index (κ3) is 1.75. The summed E-state index contributed by atoms with van der Waals surface area (Å²) in [4.78, 5) is 13.9. The molecule has 1 aliphatic heterocycles. The number of benzene rings is 1. The third-order valence-electron chi connectivity index (χ3n) is 3.97. The minimum atomic E-state index is 0.122. The summed E-state index contributed by atoms with van der Waals surface area (Å²) in [6, 6.07) is 8.63. The molecule has 3 heteroatoms. The molecule has 17 heavy (non-hydrogen) atoms. The van der Waals surface area contributed by atoms with Gasteiger partial charge in [-0.05, 0) is 24.0 Å². The van der Waals surface area contributed by atoms with Gasteiger partial charge >= 0.3 is 0 Å². The molecule has 3 nitrogen and oxygen atoms in total. The van der Waals surface area contributed by atoms with Gasteiger partial charge in [-0.3, -0.25) is 4.79 Å². The lowest BCUT2D eigenvalue weighted by Crippen LogP contribution is -2.29. The number of rotatable bonds is 2. The van der Waals surface area contributed by atoms with E-state index in [9.17, 15) is 4.79 Å². The number of carbonyl (C=O) groups excluding carboxylic acids is 1. The Morgan fingerprint density at radius 3 is 2.94 bits per heavy atom. The van der Waals surface area contributed by atoms with Crippen molar-refractivity contribution in [1.82, 2.24) is 4.90 Å². The van der Waals surface area contributed by atoms with E-state index in [4.69, 9.17) is 5.11 Å². The van der Waals surface area contributed by atoms with Crippen LogP contribution in [0, 0.1) is 5.92 Å². The van der Waals surface area contributed by atoms with Crippen molar-refractivity contribution in [3.63, 3.8) is 0 Å². The number of carbonyl (C=O) groups is 1. The van der Waals surface area contributed by atoms with Crippen molar-refractivity contribution in [3.05, 3.63) is 35.4 Å². The van der Waals surface area contributed by atoms with Gasteiger partial charge in [-0.15, -0.1) is 0 Å². The van der Waals surface area contributed by atoms with Gasteiger partial charge in [0.05, 0.1) is 6.04 Å². The maximum atomic E-state index is 12.0. The normalized spacial score (nSPS) is 27.6. The molecule has 0 saturated carbocycles. The molecule has 1 aliphatic carbocycles. The molecule has 1 heterocycles. The second-order valence-electron chi connectivity index (χ2n) is 5.05. The highest BCUT2D eigenvalue weighted by Gasteiger charge is 2.37. The lowest BCUT2D eigenvalue weighted by atomic mass is 10.1. The van der Waals surface area contributed by atoms with E-state index >= 15 is 0 Å². The third-order valence-corrected chi connectivity index (χ3v) is 3.97. The van der Waals surface area contributed by atoms with E-state index < -0.39 is 0 Å². The number of aliphatic hydroxyl groups is 1. The molecule has 2 unspecified atom stereocenters. The predicted molar refractivity (Wildman–Crippen MR) is 64.4 cm³/mol. The van der Waals surface area contributed by atoms with Crippen LogP contribution in [-0.4, -0.2) is 29.1 Å². The Hall–Kier alpha value is -1.35. The number of fused-ring (bicyclic) bond motifs is 1. The van der Waals surface area contributed by atoms with Crippen LogP contribution < -0.4 is 0 Å². The number of hydrogen-bond donors (Lipinski definition) is 1. The van der Waals surface area contributed by atoms with Crippen LogP contribution >= 0.6 is 0 Å². The highest BCUT2D eigenvalue weighted by Crippen LogP contribution is 2.38. The van der Waals surface area contributed by atoms with Crippen molar-refractivity contribution in [2.45, 2.75) is 25.3 Å². The first-order valence-electron chi connectivity index (χ1n) is 6.27. The summed E-state index contributed by atoms with van der Waals surface area (Å²) in [6.07, 6.45) is 2.60. The Morgan fingerprint density at radius 2 is 2.18 bits per heavy atom. The highest BCUT2D eigenvalue weighted by atomic mass is 16.3. The lowest BCUT2D eigenvalue weighted by molar-refractivity contribution is -0.129. The maximum absolute atomic E-state index is 12.0. The van der Waals surface area contributed by atoms with E-state index in [1.54, 1.807) is 0 Å². The minimum Gasteiger partial charge on any atom is -0.396 e. The van der Waals surface area contributed by atoms with Crippen molar-refractivity contribution in [2.24, 2.45) is 5.92 Å². The molecule has 2 atom stereocenters. The van der Waals surface area contributed by atoms with Gasteiger partial charge in [-0.2, -0.15) is 0 Å². The van der Waals surface area contributed by atoms with Crippen molar-refractivity contribution in [1.29, 1.82) is 0 Å². The van der Waals surface area contributed by atoms with Crippen LogP contribution in [0.2, 0.25) is 0 Å². The molecule has 90 valence electrons. The molecule has 1 aromatic carbocycles. The Morgan fingerprint density at radius 1 is 1.35 bits per heavy atom. The fourth-order valence-electron chi connectivity index (χ4n) is 3.09. The van der Waals surface area contributed by atoms with Gasteiger partial charge in [0.25, 0.3) is 0 Å². The Labute approximate surface area is 101 Å². The summed E-state index contributed by atoms with van der Waals surface area (Å²) in [7, 11) is 0. The van der Waals surface area contributed by atoms with Crippen LogP contribution in [0.3, 0.4) is 0 Å². The fraction of sp³-hybridized carbons (Fsp3) is 0.500. The number of hydrogen-bond acceptors (Lipinski definition) is 2. The standard InChI is InChI=1S/C14H17NO2/c16-9-10-7-14(17)15(8-10)13-6-5-11-3-1-2-4-12(11)13/h1-4,10,13,16H,5-9H2. The monoisotopic (exact) mass is 231 g/mol. The predicted octanol–water partition coefficient (Wildman–Crippen LogP) is 1.51. The molecule has 1 saturated heterocycles. The zero-order valence-electron chi connectivity index (χ0n) is 9.80. The van der Waals surface area contributed by atoms with E-state index in [1.807, 2.05) is 11.0 Å². The zero-order chi connectivity index (χ0) is 11.8. The van der Waals surface area contributed by atoms with Crippen LogP contribution in [0.5, 0.6) is 0 Å². The van der Waals surface area contributed by atoms with E-state index in [2.05, 4.69) is 18.2 Å². The van der Waals surface area contributed by atoms with Crippen molar-refractivity contribution < 1.29 is 9.90 Å². The topological polar surface area (TPSA) is 40.5 Å². The molecule has 0 radical (unpaired) electrons. The molecule has 1 fully saturated rings. The zero-order valence-corrected chi connectivity index (χ0v) is 9.80. The van der Waals surface area contributed by atoms with Crippen LogP contribution in [-0.2, 0) is 11.2 Å². The number of amides is 1. The highest BCUT2D eigenvalue weighted by molar-refractivity contribution is 5.79. The number of likely N-dealkylation sites (tertiary alicyclic amines) is 1. The van der Waals surface area contributed by atoms with Crippen molar-refractivity contribution >= 4 is 5.91 Å². The van der Waals surface area contributed by atoms with E-state index in [-0.39, 0.29) is 24.5 Å². The van der Waals surface area contributed by atoms with E-state index in [1.165, 1.54) is 11.1 Å².